The fraction of sp³-hybridized carbons (Fsp3) is 0.869. The van der Waals surface area contributed by atoms with E-state index in [1.165, 1.54) is 223 Å². The van der Waals surface area contributed by atoms with Crippen molar-refractivity contribution in [3.63, 3.8) is 0 Å². The summed E-state index contributed by atoms with van der Waals surface area (Å²) in [6.45, 7) is 115. The summed E-state index contributed by atoms with van der Waals surface area (Å²) in [4.78, 5) is 0. The fourth-order valence-corrected chi connectivity index (χ4v) is 23.1. The second-order valence-corrected chi connectivity index (χ2v) is 56.2. The fourth-order valence-electron chi connectivity index (χ4n) is 23.1. The molecule has 14 atom stereocenters. The van der Waals surface area contributed by atoms with Crippen LogP contribution in [-0.2, 0) is 6.42 Å². The lowest BCUT2D eigenvalue weighted by Crippen LogP contribution is -2.46. The highest BCUT2D eigenvalue weighted by Crippen LogP contribution is 2.77. The summed E-state index contributed by atoms with van der Waals surface area (Å²) < 4.78 is 0. The summed E-state index contributed by atoms with van der Waals surface area (Å²) in [6.07, 6.45) is 58.4. The number of benzene rings is 1. The molecule has 0 nitrogen and oxygen atoms in total. The van der Waals surface area contributed by atoms with Gasteiger partial charge in [-0.1, -0.05) is 419 Å². The van der Waals surface area contributed by atoms with Crippen LogP contribution in [-0.4, -0.2) is 0 Å². The monoisotopic (exact) mass is 1690 g/mol. The number of hydrogen-bond donors (Lipinski definition) is 0. The highest BCUT2D eigenvalue weighted by Gasteiger charge is 2.69. The Bertz CT molecular complexity index is 3120. The molecule has 0 aliphatic heterocycles. The van der Waals surface area contributed by atoms with E-state index in [9.17, 15) is 0 Å². The van der Waals surface area contributed by atoms with Gasteiger partial charge in [0.05, 0.1) is 0 Å². The van der Waals surface area contributed by atoms with Crippen molar-refractivity contribution in [1.82, 2.24) is 0 Å². The molecule has 0 radical (unpaired) electrons. The number of unbranched alkanes of at least 4 members (excludes halogenated alkanes) is 7. The zero-order chi connectivity index (χ0) is 94.8. The van der Waals surface area contributed by atoms with E-state index in [0.29, 0.717) is 87.1 Å². The first-order chi connectivity index (χ1) is 55.2. The molecule has 1 aromatic rings. The zero-order valence-corrected chi connectivity index (χ0v) is 92.6. The Morgan fingerprint density at radius 3 is 1.47 bits per heavy atom. The third-order valence-corrected chi connectivity index (χ3v) is 35.8. The summed E-state index contributed by atoms with van der Waals surface area (Å²) in [5, 5.41) is 0. The molecule has 7 aliphatic rings. The molecule has 0 amide bonds. The maximum absolute atomic E-state index is 3.82. The second-order valence-electron chi connectivity index (χ2n) is 56.2. The quantitative estimate of drug-likeness (QED) is 0.0579. The smallest absolute Gasteiger partial charge is 0.0116 e. The molecule has 122 heavy (non-hydrogen) atoms. The van der Waals surface area contributed by atoms with Gasteiger partial charge in [-0.3, -0.25) is 0 Å². The predicted molar refractivity (Wildman–Crippen MR) is 560 cm³/mol. The average molecular weight is 1700 g/mol. The van der Waals surface area contributed by atoms with Crippen molar-refractivity contribution in [2.75, 3.05) is 0 Å². The minimum absolute atomic E-state index is 0.342. The number of fused-ring (bicyclic) bond motifs is 3. The van der Waals surface area contributed by atoms with E-state index in [4.69, 9.17) is 0 Å². The van der Waals surface area contributed by atoms with Crippen LogP contribution in [0.4, 0.5) is 0 Å². The van der Waals surface area contributed by atoms with Gasteiger partial charge >= 0.3 is 0 Å². The lowest BCUT2D eigenvalue weighted by atomic mass is 9.50. The van der Waals surface area contributed by atoms with Crippen molar-refractivity contribution >= 4 is 0 Å². The van der Waals surface area contributed by atoms with Crippen molar-refractivity contribution in [1.29, 1.82) is 0 Å². The van der Waals surface area contributed by atoms with Crippen LogP contribution in [0.2, 0.25) is 0 Å². The van der Waals surface area contributed by atoms with Crippen LogP contribution in [0.25, 0.3) is 0 Å². The lowest BCUT2D eigenvalue weighted by Gasteiger charge is -2.54. The maximum Gasteiger partial charge on any atom is -0.0116 e. The molecule has 0 heterocycles. The van der Waals surface area contributed by atoms with Crippen molar-refractivity contribution in [2.45, 2.75) is 530 Å². The topological polar surface area (TPSA) is 0 Å². The third-order valence-electron chi connectivity index (χ3n) is 35.8. The van der Waals surface area contributed by atoms with Crippen molar-refractivity contribution in [2.24, 2.45) is 152 Å². The van der Waals surface area contributed by atoms with E-state index in [2.05, 4.69) is 379 Å². The first-order valence-electron chi connectivity index (χ1n) is 52.4. The Kier molecular flexibility index (Phi) is 47.8. The molecule has 8 rings (SSSR count). The molecule has 0 saturated heterocycles. The Labute approximate surface area is 772 Å². The van der Waals surface area contributed by atoms with Crippen LogP contribution in [0, 0.1) is 152 Å². The molecule has 716 valence electrons. The van der Waals surface area contributed by atoms with E-state index in [1.54, 1.807) is 11.1 Å². The lowest BCUT2D eigenvalue weighted by molar-refractivity contribution is -0.0529. The third kappa shape index (κ3) is 39.5. The van der Waals surface area contributed by atoms with Gasteiger partial charge < -0.3 is 0 Å². The molecule has 0 aromatic heterocycles. The second kappa shape index (κ2) is 49.4. The Morgan fingerprint density at radius 1 is 0.508 bits per heavy atom. The molecule has 1 aromatic carbocycles. The van der Waals surface area contributed by atoms with Gasteiger partial charge in [-0.05, 0) is 346 Å². The zero-order valence-electron chi connectivity index (χ0n) is 92.6. The van der Waals surface area contributed by atoms with Crippen LogP contribution in [0.5, 0.6) is 0 Å². The summed E-state index contributed by atoms with van der Waals surface area (Å²) in [7, 11) is 0. The van der Waals surface area contributed by atoms with Gasteiger partial charge in [0.2, 0.25) is 0 Å². The van der Waals surface area contributed by atoms with E-state index in [1.807, 2.05) is 6.08 Å². The van der Waals surface area contributed by atoms with E-state index in [-0.39, 0.29) is 0 Å². The standard InChI is InChI=1S/C19H34.C17H32.C15H28.C15H30.C14H26.C14H22.2C14H28/c1-13-8-9-14-17(5,6)15-12-19(13,14)11-10-18(15,7)16(2,3)4;1-13(12-16(3,4)5)8-10-15-11-9-14(2)17(15,6)7;1-12-6-8-14(9-7-12)13(2)10-11-15(3,4)5;1-5-6-7-8-9-10-11-12-13-14-15(2,3)4;1-12(2,3)11-9-10-7-8-14(11,6)13(10,4)5;1-13(2,3)14(4,5)11-12-9-7-6-8-10-12;1-12(2)8-7-9-13(3)10-11-14(4,5)6;1-8-12(2)10-9-11-14(6,7)13(3,4)5/h13-15H,8-12H2,1-7H3;9,13,15H,8,10-12H2,1-7H3;6,13-14H,7-11H2,1-5H3;5H,1,6-14H2,2-4H3;10-11H,7-9H2,1-6H3;6-10H,11H2,1-5H3;8,13H,7,9-11H2,1-6H3;8,12H,1,9-11H2,2-7H3/t13-,14+,15-,18-,19+;;;;;;;/m1......./s1. The van der Waals surface area contributed by atoms with Crippen LogP contribution >= 0.6 is 0 Å². The van der Waals surface area contributed by atoms with E-state index >= 15 is 0 Å². The van der Waals surface area contributed by atoms with Crippen LogP contribution in [0.3, 0.4) is 0 Å². The number of hydrogen-bond acceptors (Lipinski definition) is 0. The largest absolute Gasteiger partial charge is 0.103 e. The van der Waals surface area contributed by atoms with E-state index in [0.717, 1.165) is 71.0 Å². The predicted octanol–water partition coefficient (Wildman–Crippen LogP) is 41.7. The molecule has 5 saturated carbocycles. The minimum atomic E-state index is 0.342. The summed E-state index contributed by atoms with van der Waals surface area (Å²) in [5.74, 6) is 10.0. The highest BCUT2D eigenvalue weighted by atomic mass is 14.7. The molecule has 7 aliphatic carbocycles. The summed E-state index contributed by atoms with van der Waals surface area (Å²) in [6, 6.07) is 10.7. The van der Waals surface area contributed by atoms with Gasteiger partial charge in [-0.15, -0.1) is 13.2 Å². The van der Waals surface area contributed by atoms with Crippen LogP contribution in [0.15, 0.2) is 90.6 Å². The van der Waals surface area contributed by atoms with Gasteiger partial charge in [0.15, 0.2) is 0 Å². The summed E-state index contributed by atoms with van der Waals surface area (Å²) in [5.41, 5.74) is 14.1. The first kappa shape index (κ1) is 118. The highest BCUT2D eigenvalue weighted by molar-refractivity contribution is 5.21. The molecule has 9 unspecified atom stereocenters. The Balaban J connectivity index is 0.000000699. The Hall–Kier alpha value is -2.08. The first-order valence-corrected chi connectivity index (χ1v) is 52.4. The van der Waals surface area contributed by atoms with Crippen molar-refractivity contribution in [3.8, 4) is 0 Å². The molecule has 5 fully saturated rings. The molecular formula is C122H228. The molecule has 0 N–H and O–H groups in total. The van der Waals surface area contributed by atoms with Gasteiger partial charge in [-0.25, -0.2) is 0 Å². The number of rotatable bonds is 28. The van der Waals surface area contributed by atoms with Gasteiger partial charge in [0.1, 0.15) is 0 Å². The van der Waals surface area contributed by atoms with Crippen LogP contribution < -0.4 is 0 Å². The minimum Gasteiger partial charge on any atom is -0.103 e. The average Bonchev–Trinajstić information content (AvgIpc) is 1.53. The molecule has 0 heteroatoms. The van der Waals surface area contributed by atoms with Crippen LogP contribution in [0.1, 0.15) is 529 Å². The molecular weight excluding hydrogens is 1470 g/mol. The van der Waals surface area contributed by atoms with Gasteiger partial charge in [0.25, 0.3) is 0 Å². The van der Waals surface area contributed by atoms with Gasteiger partial charge in [0, 0.05) is 0 Å². The molecule has 4 bridgehead atoms. The SMILES string of the molecule is C=CC(C)CCCC(C)(C)C(C)(C)C.C=CCCCCCCCCCC(C)(C)C.CC(C)(C)C(C)(C)Cc1ccccc1.CC(C)(C)C1CC2CCC1(C)C2(C)C.CC(C)=CCCC(C)CCC(C)(C)C.CC1=CCC(C(C)CCC(C)(C)C)CC1.CC1=CCC(CCC(C)CC(C)(C)C)C1(C)C.C[C@@H]1CC[C@H]2C(C)(C)[C@H]3C[C@@]12CC[C@@]3(C)C(C)(C)C. The summed E-state index contributed by atoms with van der Waals surface area (Å²) >= 11 is 0. The normalized spacial score (nSPS) is 26.3. The van der Waals surface area contributed by atoms with E-state index < -0.39 is 0 Å². The van der Waals surface area contributed by atoms with Crippen molar-refractivity contribution in [3.05, 3.63) is 96.2 Å². The van der Waals surface area contributed by atoms with Gasteiger partial charge in [-0.2, -0.15) is 0 Å². The Morgan fingerprint density at radius 2 is 1.04 bits per heavy atom. The molecule has 1 spiro atoms. The number of allylic oxidation sites excluding steroid dienone is 8. The maximum atomic E-state index is 3.82. The van der Waals surface area contributed by atoms with Crippen molar-refractivity contribution < 1.29 is 0 Å².